The number of fused-ring (bicyclic) bond motifs is 5. The second-order valence-electron chi connectivity index (χ2n) is 11.9. The Labute approximate surface area is 287 Å². The number of benzene rings is 7. The molecule has 226 valence electrons. The fourth-order valence-corrected chi connectivity index (χ4v) is 8.09. The molecule has 0 unspecified atom stereocenters. The summed E-state index contributed by atoms with van der Waals surface area (Å²) < 4.78 is 2.62. The smallest absolute Gasteiger partial charge is 0.160 e. The Hall–Kier alpha value is -5.61. The Balaban J connectivity index is 1.18. The van der Waals surface area contributed by atoms with Crippen molar-refractivity contribution < 1.29 is 0 Å². The zero-order valence-electron chi connectivity index (χ0n) is 25.8. The van der Waals surface area contributed by atoms with E-state index in [2.05, 4.69) is 115 Å². The summed E-state index contributed by atoms with van der Waals surface area (Å²) in [6, 6.07) is 57.2. The fourth-order valence-electron chi connectivity index (χ4n) is 6.60. The van der Waals surface area contributed by atoms with Gasteiger partial charge in [-0.1, -0.05) is 139 Å². The number of hydrogen-bond donors (Lipinski definition) is 0. The summed E-state index contributed by atoms with van der Waals surface area (Å²) >= 11 is 8.57. The highest BCUT2D eigenvalue weighted by atomic mass is 35.5. The van der Waals surface area contributed by atoms with Gasteiger partial charge in [0, 0.05) is 47.4 Å². The van der Waals surface area contributed by atoms with Gasteiger partial charge in [-0.3, -0.25) is 0 Å². The van der Waals surface area contributed by atoms with E-state index in [1.165, 1.54) is 42.1 Å². The van der Waals surface area contributed by atoms with Gasteiger partial charge in [0.1, 0.15) is 0 Å². The standard InChI is InChI=1S/C44H27ClN2S/c45-35-24-33(28-11-3-1-4-12-28)23-34(25-35)40-27-39(46-44(47-40)31-13-5-2-6-14-31)30-21-19-29(20-22-30)38-26-32-15-7-8-16-36(32)42-37-17-9-10-18-41(37)48-43(38)42/h1-27H. The molecule has 0 saturated heterocycles. The summed E-state index contributed by atoms with van der Waals surface area (Å²) in [6.45, 7) is 0. The highest BCUT2D eigenvalue weighted by Crippen LogP contribution is 2.44. The first kappa shape index (κ1) is 28.6. The molecule has 0 aliphatic heterocycles. The van der Waals surface area contributed by atoms with Crippen molar-refractivity contribution in [2.45, 2.75) is 0 Å². The third kappa shape index (κ3) is 5.14. The minimum absolute atomic E-state index is 0.667. The summed E-state index contributed by atoms with van der Waals surface area (Å²) in [5, 5.41) is 5.85. The first-order chi connectivity index (χ1) is 23.7. The lowest BCUT2D eigenvalue weighted by Gasteiger charge is -2.12. The van der Waals surface area contributed by atoms with Gasteiger partial charge in [0.15, 0.2) is 5.82 Å². The second-order valence-corrected chi connectivity index (χ2v) is 13.4. The van der Waals surface area contributed by atoms with Crippen molar-refractivity contribution in [2.24, 2.45) is 0 Å². The van der Waals surface area contributed by atoms with Crippen LogP contribution in [-0.4, -0.2) is 9.97 Å². The number of nitrogens with zero attached hydrogens (tertiary/aromatic N) is 2. The largest absolute Gasteiger partial charge is 0.228 e. The molecular weight excluding hydrogens is 624 g/mol. The van der Waals surface area contributed by atoms with Crippen LogP contribution >= 0.6 is 22.9 Å². The molecule has 0 fully saturated rings. The van der Waals surface area contributed by atoms with E-state index in [9.17, 15) is 0 Å². The molecule has 0 aliphatic rings. The van der Waals surface area contributed by atoms with Crippen molar-refractivity contribution in [2.75, 3.05) is 0 Å². The fraction of sp³-hybridized carbons (Fsp3) is 0. The molecule has 7 aromatic carbocycles. The normalized spacial score (nSPS) is 11.4. The minimum Gasteiger partial charge on any atom is -0.228 e. The third-order valence-electron chi connectivity index (χ3n) is 8.92. The SMILES string of the molecule is Clc1cc(-c2ccccc2)cc(-c2cc(-c3ccc(-c4cc5ccccc5c5c4sc4ccccc45)cc3)nc(-c3ccccc3)n2)c1. The van der Waals surface area contributed by atoms with Gasteiger partial charge in [0.25, 0.3) is 0 Å². The van der Waals surface area contributed by atoms with Gasteiger partial charge in [-0.2, -0.15) is 0 Å². The second kappa shape index (κ2) is 11.9. The van der Waals surface area contributed by atoms with Crippen molar-refractivity contribution in [3.05, 3.63) is 169 Å². The average Bonchev–Trinajstić information content (AvgIpc) is 3.55. The zero-order valence-corrected chi connectivity index (χ0v) is 27.3. The van der Waals surface area contributed by atoms with Gasteiger partial charge in [-0.15, -0.1) is 11.3 Å². The van der Waals surface area contributed by atoms with Crippen molar-refractivity contribution in [1.29, 1.82) is 0 Å². The van der Waals surface area contributed by atoms with Crippen molar-refractivity contribution >= 4 is 53.9 Å². The van der Waals surface area contributed by atoms with Crippen LogP contribution < -0.4 is 0 Å². The number of thiophene rings is 1. The van der Waals surface area contributed by atoms with E-state index in [4.69, 9.17) is 21.6 Å². The Morgan fingerprint density at radius 3 is 1.81 bits per heavy atom. The number of halogens is 1. The maximum Gasteiger partial charge on any atom is 0.160 e. The molecule has 0 aliphatic carbocycles. The molecule has 0 saturated carbocycles. The summed E-state index contributed by atoms with van der Waals surface area (Å²) in [5.41, 5.74) is 9.20. The molecule has 4 heteroatoms. The van der Waals surface area contributed by atoms with Crippen LogP contribution in [0.4, 0.5) is 0 Å². The van der Waals surface area contributed by atoms with Gasteiger partial charge in [0.05, 0.1) is 11.4 Å². The van der Waals surface area contributed by atoms with E-state index in [1.54, 1.807) is 0 Å². The van der Waals surface area contributed by atoms with Crippen LogP contribution in [0.25, 0.3) is 87.1 Å². The van der Waals surface area contributed by atoms with Crippen LogP contribution in [0, 0.1) is 0 Å². The lowest BCUT2D eigenvalue weighted by molar-refractivity contribution is 1.18. The molecule has 2 nitrogen and oxygen atoms in total. The van der Waals surface area contributed by atoms with E-state index in [-0.39, 0.29) is 0 Å². The first-order valence-corrected chi connectivity index (χ1v) is 17.1. The lowest BCUT2D eigenvalue weighted by atomic mass is 9.95. The summed E-state index contributed by atoms with van der Waals surface area (Å²) in [5.74, 6) is 0.676. The Morgan fingerprint density at radius 2 is 1.04 bits per heavy atom. The highest BCUT2D eigenvalue weighted by Gasteiger charge is 2.16. The predicted octanol–water partition coefficient (Wildman–Crippen LogP) is 13.0. The molecule has 0 amide bonds. The van der Waals surface area contributed by atoms with E-state index >= 15 is 0 Å². The van der Waals surface area contributed by atoms with Crippen LogP contribution in [0.1, 0.15) is 0 Å². The Bertz CT molecular complexity index is 2610. The Kier molecular flexibility index (Phi) is 7.08. The molecule has 0 N–H and O–H groups in total. The molecule has 9 aromatic rings. The van der Waals surface area contributed by atoms with E-state index < -0.39 is 0 Å². The van der Waals surface area contributed by atoms with Crippen molar-refractivity contribution in [3.63, 3.8) is 0 Å². The summed E-state index contributed by atoms with van der Waals surface area (Å²) in [6.07, 6.45) is 0. The molecule has 0 bridgehead atoms. The van der Waals surface area contributed by atoms with Crippen LogP contribution in [0.2, 0.25) is 5.02 Å². The summed E-state index contributed by atoms with van der Waals surface area (Å²) in [4.78, 5) is 10.1. The van der Waals surface area contributed by atoms with Gasteiger partial charge >= 0.3 is 0 Å². The molecule has 0 spiro atoms. The molecule has 2 heterocycles. The molecule has 0 radical (unpaired) electrons. The predicted molar refractivity (Wildman–Crippen MR) is 205 cm³/mol. The van der Waals surface area contributed by atoms with E-state index in [0.29, 0.717) is 10.8 Å². The molecule has 0 atom stereocenters. The first-order valence-electron chi connectivity index (χ1n) is 15.9. The topological polar surface area (TPSA) is 25.8 Å². The van der Waals surface area contributed by atoms with E-state index in [0.717, 1.165) is 39.2 Å². The average molecular weight is 651 g/mol. The van der Waals surface area contributed by atoms with Crippen molar-refractivity contribution in [3.8, 4) is 56.2 Å². The van der Waals surface area contributed by atoms with Crippen LogP contribution in [0.15, 0.2) is 164 Å². The minimum atomic E-state index is 0.667. The van der Waals surface area contributed by atoms with Crippen LogP contribution in [-0.2, 0) is 0 Å². The zero-order chi connectivity index (χ0) is 32.0. The monoisotopic (exact) mass is 650 g/mol. The lowest BCUT2D eigenvalue weighted by Crippen LogP contribution is -1.96. The molecule has 2 aromatic heterocycles. The summed E-state index contributed by atoms with van der Waals surface area (Å²) in [7, 11) is 0. The van der Waals surface area contributed by atoms with Gasteiger partial charge < -0.3 is 0 Å². The van der Waals surface area contributed by atoms with E-state index in [1.807, 2.05) is 59.9 Å². The quantitative estimate of drug-likeness (QED) is 0.185. The van der Waals surface area contributed by atoms with Gasteiger partial charge in [-0.05, 0) is 63.9 Å². The highest BCUT2D eigenvalue weighted by molar-refractivity contribution is 7.26. The Morgan fingerprint density at radius 1 is 0.438 bits per heavy atom. The molecule has 9 rings (SSSR count). The number of hydrogen-bond acceptors (Lipinski definition) is 3. The van der Waals surface area contributed by atoms with Crippen molar-refractivity contribution in [1.82, 2.24) is 9.97 Å². The number of rotatable bonds is 5. The number of aromatic nitrogens is 2. The van der Waals surface area contributed by atoms with Gasteiger partial charge in [-0.25, -0.2) is 9.97 Å². The maximum absolute atomic E-state index is 6.70. The molecular formula is C44H27ClN2S. The maximum atomic E-state index is 6.70. The molecule has 48 heavy (non-hydrogen) atoms. The van der Waals surface area contributed by atoms with Crippen LogP contribution in [0.5, 0.6) is 0 Å². The third-order valence-corrected chi connectivity index (χ3v) is 10.3. The van der Waals surface area contributed by atoms with Crippen LogP contribution in [0.3, 0.4) is 0 Å². The van der Waals surface area contributed by atoms with Gasteiger partial charge in [0.2, 0.25) is 0 Å².